The molecule has 0 radical (unpaired) electrons. The van der Waals surface area contributed by atoms with Gasteiger partial charge in [0.15, 0.2) is 4.34 Å². The van der Waals surface area contributed by atoms with Crippen molar-refractivity contribution in [1.29, 1.82) is 0 Å². The van der Waals surface area contributed by atoms with E-state index in [1.807, 2.05) is 4.90 Å². The third kappa shape index (κ3) is 4.37. The number of anilines is 1. The molecule has 1 aromatic heterocycles. The molecule has 5 N–H and O–H groups in total. The summed E-state index contributed by atoms with van der Waals surface area (Å²) in [6.07, 6.45) is 1.93. The van der Waals surface area contributed by atoms with Crippen LogP contribution in [0.4, 0.5) is 5.13 Å². The molecule has 8 nitrogen and oxygen atoms in total. The molecule has 1 aromatic rings. The van der Waals surface area contributed by atoms with Crippen molar-refractivity contribution in [2.45, 2.75) is 35.8 Å². The number of hydrogen-bond donors (Lipinski definition) is 3. The molecular formula is C14H24ClN5O3S2. The minimum atomic E-state index is -0.337. The Balaban J connectivity index is 0.00000225. The Morgan fingerprint density at radius 3 is 2.72 bits per heavy atom. The SMILES string of the molecule is Cl.NCCO[C@H]1C[C@@H](O)C12CCN(C(=O)CSc1nnc(N)s1)CC2. The topological polar surface area (TPSA) is 128 Å². The van der Waals surface area contributed by atoms with Crippen LogP contribution in [0.15, 0.2) is 4.34 Å². The molecule has 1 saturated heterocycles. The first-order valence-electron chi connectivity index (χ1n) is 8.04. The molecule has 142 valence electrons. The number of piperidine rings is 1. The zero-order chi connectivity index (χ0) is 17.2. The van der Waals surface area contributed by atoms with Crippen LogP contribution in [0.25, 0.3) is 0 Å². The van der Waals surface area contributed by atoms with Crippen molar-refractivity contribution < 1.29 is 14.6 Å². The molecule has 11 heteroatoms. The van der Waals surface area contributed by atoms with Gasteiger partial charge < -0.3 is 26.2 Å². The highest BCUT2D eigenvalue weighted by Gasteiger charge is 2.56. The minimum Gasteiger partial charge on any atom is -0.392 e. The smallest absolute Gasteiger partial charge is 0.233 e. The van der Waals surface area contributed by atoms with Crippen LogP contribution in [-0.2, 0) is 9.53 Å². The fraction of sp³-hybridized carbons (Fsp3) is 0.786. The third-order valence-corrected chi connectivity index (χ3v) is 6.84. The average molecular weight is 410 g/mol. The molecule has 3 rings (SSSR count). The normalized spacial score (nSPS) is 24.6. The molecule has 1 aliphatic heterocycles. The van der Waals surface area contributed by atoms with E-state index < -0.39 is 0 Å². The lowest BCUT2D eigenvalue weighted by Crippen LogP contribution is -2.63. The number of aromatic nitrogens is 2. The summed E-state index contributed by atoms with van der Waals surface area (Å²) in [6, 6.07) is 0. The Bertz CT molecular complexity index is 583. The summed E-state index contributed by atoms with van der Waals surface area (Å²) in [5.74, 6) is 0.411. The lowest BCUT2D eigenvalue weighted by molar-refractivity contribution is -0.210. The van der Waals surface area contributed by atoms with E-state index in [0.29, 0.717) is 47.9 Å². The lowest BCUT2D eigenvalue weighted by atomic mass is 9.58. The number of aliphatic hydroxyl groups excluding tert-OH is 1. The van der Waals surface area contributed by atoms with E-state index in [9.17, 15) is 9.90 Å². The molecule has 1 saturated carbocycles. The van der Waals surface area contributed by atoms with Crippen LogP contribution in [0.2, 0.25) is 0 Å². The van der Waals surface area contributed by atoms with Crippen LogP contribution in [-0.4, -0.2) is 70.3 Å². The number of carbonyl (C=O) groups excluding carboxylic acids is 1. The van der Waals surface area contributed by atoms with Crippen molar-refractivity contribution in [2.24, 2.45) is 11.1 Å². The molecule has 2 aliphatic rings. The number of nitrogens with zero attached hydrogens (tertiary/aromatic N) is 3. The summed E-state index contributed by atoms with van der Waals surface area (Å²) < 4.78 is 6.48. The second-order valence-corrected chi connectivity index (χ2v) is 8.44. The molecule has 0 aromatic carbocycles. The zero-order valence-electron chi connectivity index (χ0n) is 13.8. The summed E-state index contributed by atoms with van der Waals surface area (Å²) in [7, 11) is 0. The number of rotatable bonds is 6. The Kier molecular flexibility index (Phi) is 7.29. The molecule has 0 bridgehead atoms. The number of nitrogens with two attached hydrogens (primary N) is 2. The number of halogens is 1. The number of aliphatic hydroxyl groups is 1. The predicted molar refractivity (Wildman–Crippen MR) is 100.0 cm³/mol. The Morgan fingerprint density at radius 1 is 1.44 bits per heavy atom. The molecule has 25 heavy (non-hydrogen) atoms. The van der Waals surface area contributed by atoms with Gasteiger partial charge in [-0.2, -0.15) is 0 Å². The maximum Gasteiger partial charge on any atom is 0.233 e. The fourth-order valence-corrected chi connectivity index (χ4v) is 5.03. The van der Waals surface area contributed by atoms with Crippen LogP contribution in [0.3, 0.4) is 0 Å². The highest BCUT2D eigenvalue weighted by Crippen LogP contribution is 2.50. The molecular weight excluding hydrogens is 386 g/mol. The van der Waals surface area contributed by atoms with Gasteiger partial charge >= 0.3 is 0 Å². The number of hydrogen-bond acceptors (Lipinski definition) is 9. The maximum absolute atomic E-state index is 12.4. The summed E-state index contributed by atoms with van der Waals surface area (Å²) in [5, 5.41) is 18.3. The van der Waals surface area contributed by atoms with Crippen LogP contribution < -0.4 is 11.5 Å². The molecule has 2 fully saturated rings. The van der Waals surface area contributed by atoms with Gasteiger partial charge in [-0.15, -0.1) is 22.6 Å². The Morgan fingerprint density at radius 2 is 2.16 bits per heavy atom. The van der Waals surface area contributed by atoms with E-state index in [0.717, 1.165) is 12.8 Å². The highest BCUT2D eigenvalue weighted by molar-refractivity contribution is 8.01. The van der Waals surface area contributed by atoms with E-state index in [2.05, 4.69) is 10.2 Å². The Hall–Kier alpha value is -0.650. The van der Waals surface area contributed by atoms with Gasteiger partial charge in [-0.1, -0.05) is 23.1 Å². The summed E-state index contributed by atoms with van der Waals surface area (Å²) >= 11 is 2.65. The number of likely N-dealkylation sites (tertiary alicyclic amines) is 1. The standard InChI is InChI=1S/C14H23N5O3S2.ClH/c15-3-6-22-10-7-9(20)14(10)1-4-19(5-2-14)11(21)8-23-13-18-17-12(16)24-13;/h9-10,20H,1-8,15H2,(H2,16,17);1H/t9-,10+;/m1./s1. The van der Waals surface area contributed by atoms with Gasteiger partial charge in [0, 0.05) is 31.5 Å². The van der Waals surface area contributed by atoms with E-state index in [1.165, 1.54) is 23.1 Å². The fourth-order valence-electron chi connectivity index (χ4n) is 3.49. The average Bonchev–Trinajstić information content (AvgIpc) is 3.01. The second-order valence-electron chi connectivity index (χ2n) is 6.21. The zero-order valence-corrected chi connectivity index (χ0v) is 16.2. The van der Waals surface area contributed by atoms with Crippen LogP contribution in [0.5, 0.6) is 0 Å². The van der Waals surface area contributed by atoms with Crippen molar-refractivity contribution in [1.82, 2.24) is 15.1 Å². The molecule has 1 amide bonds. The minimum absolute atomic E-state index is 0. The molecule has 1 spiro atoms. The van der Waals surface area contributed by atoms with E-state index in [4.69, 9.17) is 16.2 Å². The summed E-state index contributed by atoms with van der Waals surface area (Å²) in [6.45, 7) is 2.30. The molecule has 0 unspecified atom stereocenters. The number of amides is 1. The van der Waals surface area contributed by atoms with E-state index >= 15 is 0 Å². The Labute approximate surface area is 161 Å². The van der Waals surface area contributed by atoms with Crippen LogP contribution in [0, 0.1) is 5.41 Å². The van der Waals surface area contributed by atoms with Gasteiger partial charge in [0.1, 0.15) is 0 Å². The number of carbonyl (C=O) groups is 1. The number of thioether (sulfide) groups is 1. The lowest BCUT2D eigenvalue weighted by Gasteiger charge is -2.56. The number of ether oxygens (including phenoxy) is 1. The van der Waals surface area contributed by atoms with Crippen molar-refractivity contribution in [3.63, 3.8) is 0 Å². The summed E-state index contributed by atoms with van der Waals surface area (Å²) in [4.78, 5) is 14.2. The molecule has 2 atom stereocenters. The van der Waals surface area contributed by atoms with Gasteiger partial charge in [-0.05, 0) is 12.8 Å². The van der Waals surface area contributed by atoms with Crippen LogP contribution in [0.1, 0.15) is 19.3 Å². The maximum atomic E-state index is 12.4. The van der Waals surface area contributed by atoms with Crippen LogP contribution >= 0.6 is 35.5 Å². The van der Waals surface area contributed by atoms with Gasteiger partial charge in [-0.25, -0.2) is 0 Å². The van der Waals surface area contributed by atoms with Gasteiger partial charge in [0.05, 0.1) is 24.6 Å². The van der Waals surface area contributed by atoms with Crippen molar-refractivity contribution >= 4 is 46.5 Å². The summed E-state index contributed by atoms with van der Waals surface area (Å²) in [5.41, 5.74) is 10.8. The van der Waals surface area contributed by atoms with Crippen molar-refractivity contribution in [2.75, 3.05) is 37.7 Å². The number of nitrogen functional groups attached to an aromatic ring is 1. The molecule has 2 heterocycles. The van der Waals surface area contributed by atoms with E-state index in [-0.39, 0.29) is 35.9 Å². The predicted octanol–water partition coefficient (Wildman–Crippen LogP) is 0.351. The largest absolute Gasteiger partial charge is 0.392 e. The highest BCUT2D eigenvalue weighted by atomic mass is 35.5. The van der Waals surface area contributed by atoms with Gasteiger partial charge in [-0.3, -0.25) is 4.79 Å². The first kappa shape index (κ1) is 20.7. The monoisotopic (exact) mass is 409 g/mol. The first-order chi connectivity index (χ1) is 11.5. The molecule has 1 aliphatic carbocycles. The third-order valence-electron chi connectivity index (χ3n) is 4.97. The quantitative estimate of drug-likeness (QED) is 0.574. The first-order valence-corrected chi connectivity index (χ1v) is 9.84. The van der Waals surface area contributed by atoms with Crippen molar-refractivity contribution in [3.8, 4) is 0 Å². The van der Waals surface area contributed by atoms with Crippen molar-refractivity contribution in [3.05, 3.63) is 0 Å². The van der Waals surface area contributed by atoms with E-state index in [1.54, 1.807) is 0 Å². The second kappa shape index (κ2) is 8.83. The van der Waals surface area contributed by atoms with Gasteiger partial charge in [0.25, 0.3) is 0 Å². The van der Waals surface area contributed by atoms with Gasteiger partial charge in [0.2, 0.25) is 11.0 Å².